The third-order valence-corrected chi connectivity index (χ3v) is 6.70. The maximum Gasteiger partial charge on any atom is 0.243 e. The summed E-state index contributed by atoms with van der Waals surface area (Å²) in [6.07, 6.45) is 0.942. The zero-order valence-electron chi connectivity index (χ0n) is 15.9. The van der Waals surface area contributed by atoms with Crippen LogP contribution in [0.25, 0.3) is 0 Å². The van der Waals surface area contributed by atoms with Crippen LogP contribution in [0.1, 0.15) is 26.7 Å². The predicted molar refractivity (Wildman–Crippen MR) is 98.9 cm³/mol. The van der Waals surface area contributed by atoms with Gasteiger partial charge in [0.1, 0.15) is 11.9 Å². The largest absolute Gasteiger partial charge is 0.342 e. The van der Waals surface area contributed by atoms with Crippen molar-refractivity contribution in [3.8, 4) is 0 Å². The fourth-order valence-corrected chi connectivity index (χ4v) is 4.88. The molecule has 1 saturated heterocycles. The number of sulfonamides is 1. The van der Waals surface area contributed by atoms with Crippen molar-refractivity contribution in [1.82, 2.24) is 14.1 Å². The van der Waals surface area contributed by atoms with Crippen LogP contribution >= 0.6 is 0 Å². The van der Waals surface area contributed by atoms with Gasteiger partial charge in [0.2, 0.25) is 21.8 Å². The average Bonchev–Trinajstić information content (AvgIpc) is 3.13. The van der Waals surface area contributed by atoms with Gasteiger partial charge in [0.05, 0.1) is 11.4 Å². The van der Waals surface area contributed by atoms with E-state index in [9.17, 15) is 22.4 Å². The minimum atomic E-state index is -3.91. The first-order valence-corrected chi connectivity index (χ1v) is 10.5. The van der Waals surface area contributed by atoms with Crippen LogP contribution in [0.15, 0.2) is 29.2 Å². The highest BCUT2D eigenvalue weighted by molar-refractivity contribution is 7.89. The van der Waals surface area contributed by atoms with Crippen molar-refractivity contribution in [3.05, 3.63) is 30.1 Å². The van der Waals surface area contributed by atoms with E-state index >= 15 is 0 Å². The summed E-state index contributed by atoms with van der Waals surface area (Å²) >= 11 is 0. The summed E-state index contributed by atoms with van der Waals surface area (Å²) < 4.78 is 40.0. The van der Waals surface area contributed by atoms with Gasteiger partial charge >= 0.3 is 0 Å². The highest BCUT2D eigenvalue weighted by Gasteiger charge is 2.40. The normalized spacial score (nSPS) is 17.7. The summed E-state index contributed by atoms with van der Waals surface area (Å²) in [5.41, 5.74) is 0. The molecule has 0 aliphatic carbocycles. The molecular formula is C18H26FN3O4S. The van der Waals surface area contributed by atoms with Gasteiger partial charge in [-0.05, 0) is 51.0 Å². The number of carbonyl (C=O) groups is 2. The molecule has 7 nitrogen and oxygen atoms in total. The Morgan fingerprint density at radius 3 is 2.33 bits per heavy atom. The molecule has 0 saturated carbocycles. The van der Waals surface area contributed by atoms with Crippen LogP contribution in [0.4, 0.5) is 4.39 Å². The van der Waals surface area contributed by atoms with Crippen molar-refractivity contribution >= 4 is 21.8 Å². The molecule has 2 rings (SSSR count). The molecule has 0 spiro atoms. The van der Waals surface area contributed by atoms with Crippen LogP contribution in [0.2, 0.25) is 0 Å². The second kappa shape index (κ2) is 8.79. The quantitative estimate of drug-likeness (QED) is 0.693. The topological polar surface area (TPSA) is 78.0 Å². The fourth-order valence-electron chi connectivity index (χ4n) is 3.23. The molecule has 1 atom stereocenters. The van der Waals surface area contributed by atoms with Gasteiger partial charge in [-0.2, -0.15) is 4.31 Å². The average molecular weight is 399 g/mol. The van der Waals surface area contributed by atoms with Gasteiger partial charge in [-0.25, -0.2) is 12.8 Å². The first kappa shape index (κ1) is 21.3. The molecule has 1 aromatic rings. The molecule has 1 fully saturated rings. The van der Waals surface area contributed by atoms with E-state index in [2.05, 4.69) is 0 Å². The standard InChI is InChI=1S/C18H26FN3O4S/c1-4-21(5-2)17(23)13-20(3)18(24)16-7-6-12-22(16)27(25,26)15-10-8-14(19)9-11-15/h8-11,16H,4-7,12-13H2,1-3H3/t16-/m0/s1. The molecular weight excluding hydrogens is 373 g/mol. The van der Waals surface area contributed by atoms with E-state index in [1.807, 2.05) is 13.8 Å². The molecule has 1 aliphatic heterocycles. The highest BCUT2D eigenvalue weighted by Crippen LogP contribution is 2.27. The van der Waals surface area contributed by atoms with Crippen LogP contribution in [-0.2, 0) is 19.6 Å². The van der Waals surface area contributed by atoms with Crippen LogP contribution in [-0.4, -0.2) is 73.6 Å². The Kier molecular flexibility index (Phi) is 6.94. The predicted octanol–water partition coefficient (Wildman–Crippen LogP) is 1.31. The number of carbonyl (C=O) groups excluding carboxylic acids is 2. The minimum Gasteiger partial charge on any atom is -0.342 e. The van der Waals surface area contributed by atoms with Gasteiger partial charge in [0.25, 0.3) is 0 Å². The molecule has 1 aliphatic rings. The van der Waals surface area contributed by atoms with Crippen LogP contribution in [0.5, 0.6) is 0 Å². The summed E-state index contributed by atoms with van der Waals surface area (Å²) in [7, 11) is -2.41. The molecule has 0 aromatic heterocycles. The fraction of sp³-hybridized carbons (Fsp3) is 0.556. The molecule has 0 N–H and O–H groups in total. The van der Waals surface area contributed by atoms with E-state index in [-0.39, 0.29) is 23.9 Å². The van der Waals surface area contributed by atoms with Gasteiger partial charge in [0, 0.05) is 26.7 Å². The lowest BCUT2D eigenvalue weighted by molar-refractivity contribution is -0.141. The van der Waals surface area contributed by atoms with Crippen molar-refractivity contribution in [2.24, 2.45) is 0 Å². The lowest BCUT2D eigenvalue weighted by Gasteiger charge is -2.28. The van der Waals surface area contributed by atoms with Crippen LogP contribution < -0.4 is 0 Å². The van der Waals surface area contributed by atoms with E-state index in [0.29, 0.717) is 25.9 Å². The van der Waals surface area contributed by atoms with Gasteiger partial charge in [0.15, 0.2) is 0 Å². The van der Waals surface area contributed by atoms with E-state index in [4.69, 9.17) is 0 Å². The summed E-state index contributed by atoms with van der Waals surface area (Å²) in [6.45, 7) is 4.93. The Morgan fingerprint density at radius 2 is 1.78 bits per heavy atom. The SMILES string of the molecule is CCN(CC)C(=O)CN(C)C(=O)[C@@H]1CCCN1S(=O)(=O)c1ccc(F)cc1. The number of hydrogen-bond acceptors (Lipinski definition) is 4. The zero-order chi connectivity index (χ0) is 20.2. The maximum atomic E-state index is 13.1. The van der Waals surface area contributed by atoms with Crippen molar-refractivity contribution in [3.63, 3.8) is 0 Å². The van der Waals surface area contributed by atoms with Crippen molar-refractivity contribution in [1.29, 1.82) is 0 Å². The minimum absolute atomic E-state index is 0.0505. The maximum absolute atomic E-state index is 13.1. The molecule has 0 radical (unpaired) electrons. The third kappa shape index (κ3) is 4.65. The molecule has 0 unspecified atom stereocenters. The first-order chi connectivity index (χ1) is 12.7. The first-order valence-electron chi connectivity index (χ1n) is 9.02. The van der Waals surface area contributed by atoms with E-state index in [1.165, 1.54) is 24.1 Å². The number of halogens is 1. The molecule has 1 aromatic carbocycles. The molecule has 0 bridgehead atoms. The Morgan fingerprint density at radius 1 is 1.19 bits per heavy atom. The third-order valence-electron chi connectivity index (χ3n) is 4.77. The Labute approximate surface area is 159 Å². The lowest BCUT2D eigenvalue weighted by Crippen LogP contribution is -2.49. The van der Waals surface area contributed by atoms with E-state index in [0.717, 1.165) is 16.4 Å². The summed E-state index contributed by atoms with van der Waals surface area (Å²) in [4.78, 5) is 27.9. The smallest absolute Gasteiger partial charge is 0.243 e. The van der Waals surface area contributed by atoms with Gasteiger partial charge in [-0.3, -0.25) is 9.59 Å². The van der Waals surface area contributed by atoms with Crippen molar-refractivity contribution in [2.75, 3.05) is 33.2 Å². The molecule has 27 heavy (non-hydrogen) atoms. The Hall–Kier alpha value is -2.00. The van der Waals surface area contributed by atoms with Gasteiger partial charge < -0.3 is 9.80 Å². The van der Waals surface area contributed by atoms with Crippen molar-refractivity contribution in [2.45, 2.75) is 37.6 Å². The van der Waals surface area contributed by atoms with Crippen LogP contribution in [0, 0.1) is 5.82 Å². The van der Waals surface area contributed by atoms with Crippen molar-refractivity contribution < 1.29 is 22.4 Å². The number of rotatable bonds is 7. The lowest BCUT2D eigenvalue weighted by atomic mass is 10.2. The summed E-state index contributed by atoms with van der Waals surface area (Å²) in [6, 6.07) is 3.69. The molecule has 150 valence electrons. The van der Waals surface area contributed by atoms with Gasteiger partial charge in [-0.1, -0.05) is 0 Å². The number of nitrogens with zero attached hydrogens (tertiary/aromatic N) is 3. The summed E-state index contributed by atoms with van der Waals surface area (Å²) in [5.74, 6) is -1.11. The van der Waals surface area contributed by atoms with Crippen LogP contribution in [0.3, 0.4) is 0 Å². The molecule has 2 amide bonds. The van der Waals surface area contributed by atoms with Gasteiger partial charge in [-0.15, -0.1) is 0 Å². The highest BCUT2D eigenvalue weighted by atomic mass is 32.2. The Balaban J connectivity index is 2.16. The number of likely N-dealkylation sites (N-methyl/N-ethyl adjacent to an activating group) is 2. The van der Waals surface area contributed by atoms with E-state index in [1.54, 1.807) is 4.90 Å². The summed E-state index contributed by atoms with van der Waals surface area (Å²) in [5, 5.41) is 0. The molecule has 9 heteroatoms. The molecule has 1 heterocycles. The second-order valence-electron chi connectivity index (χ2n) is 6.49. The zero-order valence-corrected chi connectivity index (χ0v) is 16.7. The van der Waals surface area contributed by atoms with E-state index < -0.39 is 27.8 Å². The number of benzene rings is 1. The number of hydrogen-bond donors (Lipinski definition) is 0. The monoisotopic (exact) mass is 399 g/mol. The Bertz CT molecular complexity index is 778. The number of amides is 2. The second-order valence-corrected chi connectivity index (χ2v) is 8.38.